The summed E-state index contributed by atoms with van der Waals surface area (Å²) in [5.74, 6) is 0.891. The van der Waals surface area contributed by atoms with Crippen LogP contribution in [-0.4, -0.2) is 44.1 Å². The Morgan fingerprint density at radius 2 is 1.88 bits per heavy atom. The lowest BCUT2D eigenvalue weighted by Gasteiger charge is -2.24. The molecule has 1 aliphatic rings. The number of guanidine groups is 1. The molecule has 1 aromatic rings. The highest BCUT2D eigenvalue weighted by molar-refractivity contribution is 14.0. The third kappa shape index (κ3) is 6.61. The van der Waals surface area contributed by atoms with E-state index in [4.69, 9.17) is 16.6 Å². The number of rotatable bonds is 6. The average molecular weight is 463 g/mol. The van der Waals surface area contributed by atoms with Gasteiger partial charge in [-0.25, -0.2) is 0 Å². The van der Waals surface area contributed by atoms with Crippen LogP contribution in [0.15, 0.2) is 41.4 Å². The van der Waals surface area contributed by atoms with Crippen molar-refractivity contribution in [3.05, 3.63) is 47.0 Å². The summed E-state index contributed by atoms with van der Waals surface area (Å²) in [5.41, 5.74) is 1.22. The summed E-state index contributed by atoms with van der Waals surface area (Å²) in [5, 5.41) is 7.61. The molecule has 0 saturated carbocycles. The highest BCUT2D eigenvalue weighted by Crippen LogP contribution is 2.20. The minimum Gasteiger partial charge on any atom is -0.357 e. The first kappa shape index (κ1) is 21.3. The third-order valence-electron chi connectivity index (χ3n) is 3.99. The Morgan fingerprint density at radius 1 is 1.25 bits per heavy atom. The number of nitrogens with zero attached hydrogens (tertiary/aromatic N) is 2. The van der Waals surface area contributed by atoms with Crippen molar-refractivity contribution in [3.8, 4) is 0 Å². The summed E-state index contributed by atoms with van der Waals surface area (Å²) in [6.07, 6.45) is 6.58. The van der Waals surface area contributed by atoms with Crippen molar-refractivity contribution in [3.63, 3.8) is 0 Å². The van der Waals surface area contributed by atoms with Gasteiger partial charge in [-0.1, -0.05) is 35.9 Å². The van der Waals surface area contributed by atoms with E-state index in [2.05, 4.69) is 60.8 Å². The van der Waals surface area contributed by atoms with Crippen molar-refractivity contribution in [2.75, 3.05) is 27.2 Å². The summed E-state index contributed by atoms with van der Waals surface area (Å²) in [4.78, 5) is 6.98. The molecule has 0 radical (unpaired) electrons. The van der Waals surface area contributed by atoms with Gasteiger partial charge < -0.3 is 15.5 Å². The molecule has 6 heteroatoms. The maximum absolute atomic E-state index is 5.99. The molecule has 0 saturated heterocycles. The predicted molar refractivity (Wildman–Crippen MR) is 115 cm³/mol. The fourth-order valence-corrected chi connectivity index (χ4v) is 2.80. The molecule has 134 valence electrons. The van der Waals surface area contributed by atoms with E-state index in [0.717, 1.165) is 30.4 Å². The van der Waals surface area contributed by atoms with Crippen LogP contribution in [0.25, 0.3) is 0 Å². The van der Waals surface area contributed by atoms with E-state index in [-0.39, 0.29) is 30.0 Å². The van der Waals surface area contributed by atoms with Crippen molar-refractivity contribution in [2.45, 2.75) is 31.8 Å². The SMILES string of the molecule is CCNC(=NCC(c1ccc(Cl)cc1)N(C)C)NC1CC=CC1.I. The average Bonchev–Trinajstić information content (AvgIpc) is 3.02. The molecule has 2 N–H and O–H groups in total. The molecule has 4 nitrogen and oxygen atoms in total. The highest BCUT2D eigenvalue weighted by atomic mass is 127. The lowest BCUT2D eigenvalue weighted by atomic mass is 10.1. The minimum atomic E-state index is 0. The molecule has 1 aromatic carbocycles. The number of benzene rings is 1. The molecule has 1 atom stereocenters. The number of hydrogen-bond donors (Lipinski definition) is 2. The monoisotopic (exact) mass is 462 g/mol. The van der Waals surface area contributed by atoms with Crippen molar-refractivity contribution in [2.24, 2.45) is 4.99 Å². The molecular formula is C18H28ClIN4. The summed E-state index contributed by atoms with van der Waals surface area (Å²) >= 11 is 5.99. The van der Waals surface area contributed by atoms with Gasteiger partial charge in [-0.15, -0.1) is 24.0 Å². The number of nitrogens with one attached hydrogen (secondary N) is 2. The van der Waals surface area contributed by atoms with Crippen molar-refractivity contribution < 1.29 is 0 Å². The molecule has 0 aliphatic heterocycles. The normalized spacial score (nSPS) is 16.1. The van der Waals surface area contributed by atoms with Gasteiger partial charge in [0, 0.05) is 17.6 Å². The largest absolute Gasteiger partial charge is 0.357 e. The smallest absolute Gasteiger partial charge is 0.191 e. The van der Waals surface area contributed by atoms with E-state index in [9.17, 15) is 0 Å². The second-order valence-corrected chi connectivity index (χ2v) is 6.47. The van der Waals surface area contributed by atoms with Gasteiger partial charge in [0.15, 0.2) is 5.96 Å². The van der Waals surface area contributed by atoms with Crippen LogP contribution in [0.5, 0.6) is 0 Å². The van der Waals surface area contributed by atoms with Crippen LogP contribution in [0.4, 0.5) is 0 Å². The van der Waals surface area contributed by atoms with E-state index in [0.29, 0.717) is 12.6 Å². The summed E-state index contributed by atoms with van der Waals surface area (Å²) < 4.78 is 0. The predicted octanol–water partition coefficient (Wildman–Crippen LogP) is 3.83. The topological polar surface area (TPSA) is 39.7 Å². The van der Waals surface area contributed by atoms with E-state index in [1.807, 2.05) is 12.1 Å². The lowest BCUT2D eigenvalue weighted by Crippen LogP contribution is -2.43. The Kier molecular flexibility index (Phi) is 9.69. The van der Waals surface area contributed by atoms with Gasteiger partial charge in [-0.05, 0) is 51.6 Å². The molecule has 0 aromatic heterocycles. The van der Waals surface area contributed by atoms with Crippen LogP contribution in [0.2, 0.25) is 5.02 Å². The molecule has 0 amide bonds. The van der Waals surface area contributed by atoms with Crippen molar-refractivity contribution in [1.29, 1.82) is 0 Å². The van der Waals surface area contributed by atoms with Crippen LogP contribution in [0.3, 0.4) is 0 Å². The van der Waals surface area contributed by atoms with Crippen LogP contribution in [0.1, 0.15) is 31.4 Å². The van der Waals surface area contributed by atoms with Crippen molar-refractivity contribution >= 4 is 41.5 Å². The van der Waals surface area contributed by atoms with Crippen molar-refractivity contribution in [1.82, 2.24) is 15.5 Å². The maximum atomic E-state index is 5.99. The second-order valence-electron chi connectivity index (χ2n) is 6.03. The summed E-state index contributed by atoms with van der Waals surface area (Å²) in [6.45, 7) is 3.65. The fraction of sp³-hybridized carbons (Fsp3) is 0.500. The molecule has 0 fully saturated rings. The van der Waals surface area contributed by atoms with E-state index >= 15 is 0 Å². The molecule has 1 unspecified atom stereocenters. The van der Waals surface area contributed by atoms with E-state index < -0.39 is 0 Å². The van der Waals surface area contributed by atoms with Crippen LogP contribution < -0.4 is 10.6 Å². The second kappa shape index (κ2) is 10.9. The Labute approximate surface area is 167 Å². The third-order valence-corrected chi connectivity index (χ3v) is 4.25. The quantitative estimate of drug-likeness (QED) is 0.292. The summed E-state index contributed by atoms with van der Waals surface area (Å²) in [7, 11) is 4.16. The van der Waals surface area contributed by atoms with Gasteiger partial charge >= 0.3 is 0 Å². The number of aliphatic imine (C=N–C) groups is 1. The van der Waals surface area contributed by atoms with Gasteiger partial charge in [0.1, 0.15) is 0 Å². The van der Waals surface area contributed by atoms with Gasteiger partial charge in [0.05, 0.1) is 12.6 Å². The van der Waals surface area contributed by atoms with Gasteiger partial charge in [0.2, 0.25) is 0 Å². The Hall–Kier alpha value is -0.790. The maximum Gasteiger partial charge on any atom is 0.191 e. The van der Waals surface area contributed by atoms with Crippen LogP contribution in [-0.2, 0) is 0 Å². The molecule has 0 spiro atoms. The standard InChI is InChI=1S/C18H27ClN4.HI/c1-4-20-18(22-16-7-5-6-8-16)21-13-17(23(2)3)14-9-11-15(19)12-10-14;/h5-6,9-12,16-17H,4,7-8,13H2,1-3H3,(H2,20,21,22);1H. The van der Waals surface area contributed by atoms with Crippen LogP contribution in [0, 0.1) is 0 Å². The molecular weight excluding hydrogens is 435 g/mol. The lowest BCUT2D eigenvalue weighted by molar-refractivity contribution is 0.306. The van der Waals surface area contributed by atoms with Gasteiger partial charge in [-0.2, -0.15) is 0 Å². The van der Waals surface area contributed by atoms with E-state index in [1.165, 1.54) is 5.56 Å². The first-order valence-corrected chi connectivity index (χ1v) is 8.59. The van der Waals surface area contributed by atoms with E-state index in [1.54, 1.807) is 0 Å². The molecule has 1 aliphatic carbocycles. The zero-order valence-corrected chi connectivity index (χ0v) is 17.7. The van der Waals surface area contributed by atoms with Crippen LogP contribution >= 0.6 is 35.6 Å². The Morgan fingerprint density at radius 3 is 2.42 bits per heavy atom. The van der Waals surface area contributed by atoms with Gasteiger partial charge in [0.25, 0.3) is 0 Å². The summed E-state index contributed by atoms with van der Waals surface area (Å²) in [6, 6.07) is 8.70. The van der Waals surface area contributed by atoms with Gasteiger partial charge in [-0.3, -0.25) is 4.99 Å². The Balaban J connectivity index is 0.00000288. The number of likely N-dealkylation sites (N-methyl/N-ethyl adjacent to an activating group) is 1. The molecule has 2 rings (SSSR count). The number of hydrogen-bond acceptors (Lipinski definition) is 2. The highest BCUT2D eigenvalue weighted by Gasteiger charge is 2.15. The Bertz CT molecular complexity index is 534. The molecule has 0 bridgehead atoms. The molecule has 0 heterocycles. The number of halogens is 2. The first-order valence-electron chi connectivity index (χ1n) is 8.22. The zero-order chi connectivity index (χ0) is 16.7. The fourth-order valence-electron chi connectivity index (χ4n) is 2.68. The zero-order valence-electron chi connectivity index (χ0n) is 14.6. The minimum absolute atomic E-state index is 0. The first-order chi connectivity index (χ1) is 11.1. The molecule has 24 heavy (non-hydrogen) atoms.